The Morgan fingerprint density at radius 3 is 2.32 bits per heavy atom. The molecule has 5 nitrogen and oxygen atoms in total. The summed E-state index contributed by atoms with van der Waals surface area (Å²) in [7, 11) is 0.996. The highest BCUT2D eigenvalue weighted by molar-refractivity contribution is 9.10. The molecule has 0 spiro atoms. The number of benzene rings is 1. The largest absolute Gasteiger partial charge is 0.342 e. The van der Waals surface area contributed by atoms with Gasteiger partial charge >= 0.3 is 0 Å². The third-order valence-electron chi connectivity index (χ3n) is 2.76. The maximum atomic E-state index is 12.1. The van der Waals surface area contributed by atoms with Crippen molar-refractivity contribution >= 4 is 31.9 Å². The van der Waals surface area contributed by atoms with Gasteiger partial charge in [-0.1, -0.05) is 0 Å². The number of carbonyl (C=O) groups is 1. The van der Waals surface area contributed by atoms with Crippen LogP contribution in [0.15, 0.2) is 27.6 Å². The van der Waals surface area contributed by atoms with Gasteiger partial charge in [0, 0.05) is 37.7 Å². The molecule has 0 saturated heterocycles. The Morgan fingerprint density at radius 1 is 1.26 bits per heavy atom. The molecule has 0 aromatic heterocycles. The third kappa shape index (κ3) is 3.34. The Bertz CT molecular complexity index is 585. The van der Waals surface area contributed by atoms with Crippen molar-refractivity contribution in [3.05, 3.63) is 28.2 Å². The van der Waals surface area contributed by atoms with E-state index in [0.29, 0.717) is 16.6 Å². The fraction of sp³-hybridized carbons (Fsp3) is 0.417. The van der Waals surface area contributed by atoms with Crippen LogP contribution >= 0.6 is 15.9 Å². The molecule has 19 heavy (non-hydrogen) atoms. The van der Waals surface area contributed by atoms with Crippen molar-refractivity contribution in [2.24, 2.45) is 0 Å². The number of nitrogens with zero attached hydrogens (tertiary/aromatic N) is 2. The highest BCUT2D eigenvalue weighted by Crippen LogP contribution is 2.25. The van der Waals surface area contributed by atoms with Crippen molar-refractivity contribution in [3.63, 3.8) is 0 Å². The minimum atomic E-state index is -3.58. The second-order valence-electron chi connectivity index (χ2n) is 4.25. The van der Waals surface area contributed by atoms with Crippen molar-refractivity contribution < 1.29 is 13.2 Å². The van der Waals surface area contributed by atoms with Gasteiger partial charge in [0.25, 0.3) is 5.91 Å². The standard InChI is InChI=1S/C12H17BrN2O3S/c1-5-15(4)12(16)9-6-7-10(13)11(8-9)19(17,18)14(2)3/h6-8H,5H2,1-4H3. The molecule has 7 heteroatoms. The van der Waals surface area contributed by atoms with Gasteiger partial charge in [-0.2, -0.15) is 0 Å². The van der Waals surface area contributed by atoms with Gasteiger partial charge < -0.3 is 4.90 Å². The molecular formula is C12H17BrN2O3S. The lowest BCUT2D eigenvalue weighted by Gasteiger charge is -2.17. The molecule has 0 N–H and O–H groups in total. The van der Waals surface area contributed by atoms with Gasteiger partial charge in [-0.05, 0) is 41.1 Å². The Hall–Kier alpha value is -0.920. The molecule has 0 fully saturated rings. The molecular weight excluding hydrogens is 332 g/mol. The van der Waals surface area contributed by atoms with Crippen LogP contribution in [0.1, 0.15) is 17.3 Å². The molecule has 0 aliphatic carbocycles. The number of rotatable bonds is 4. The first kappa shape index (κ1) is 16.1. The summed E-state index contributed by atoms with van der Waals surface area (Å²) in [5, 5.41) is 0. The van der Waals surface area contributed by atoms with E-state index in [0.717, 1.165) is 4.31 Å². The van der Waals surface area contributed by atoms with E-state index in [1.165, 1.54) is 25.1 Å². The summed E-state index contributed by atoms with van der Waals surface area (Å²) in [5.74, 6) is -0.204. The molecule has 0 unspecified atom stereocenters. The van der Waals surface area contributed by atoms with Gasteiger partial charge in [-0.3, -0.25) is 4.79 Å². The Labute approximate surface area is 122 Å². The number of carbonyl (C=O) groups excluding carboxylic acids is 1. The predicted octanol–water partition coefficient (Wildman–Crippen LogP) is 1.79. The molecule has 1 aromatic carbocycles. The van der Waals surface area contributed by atoms with Crippen LogP contribution in [-0.4, -0.2) is 51.2 Å². The van der Waals surface area contributed by atoms with Gasteiger partial charge in [-0.25, -0.2) is 12.7 Å². The number of hydrogen-bond acceptors (Lipinski definition) is 3. The van der Waals surface area contributed by atoms with Gasteiger partial charge in [0.1, 0.15) is 0 Å². The zero-order valence-corrected chi connectivity index (χ0v) is 13.7. The number of halogens is 1. The zero-order valence-electron chi connectivity index (χ0n) is 11.3. The second kappa shape index (κ2) is 6.02. The Morgan fingerprint density at radius 2 is 1.84 bits per heavy atom. The lowest BCUT2D eigenvalue weighted by atomic mass is 10.2. The fourth-order valence-electron chi connectivity index (χ4n) is 1.39. The summed E-state index contributed by atoms with van der Waals surface area (Å²) in [4.78, 5) is 13.7. The van der Waals surface area contributed by atoms with E-state index in [9.17, 15) is 13.2 Å². The van der Waals surface area contributed by atoms with Crippen molar-refractivity contribution in [1.82, 2.24) is 9.21 Å². The lowest BCUT2D eigenvalue weighted by molar-refractivity contribution is 0.0802. The van der Waals surface area contributed by atoms with E-state index in [2.05, 4.69) is 15.9 Å². The minimum absolute atomic E-state index is 0.0906. The monoisotopic (exact) mass is 348 g/mol. The van der Waals surface area contributed by atoms with Crippen LogP contribution < -0.4 is 0 Å². The van der Waals surface area contributed by atoms with E-state index < -0.39 is 10.0 Å². The topological polar surface area (TPSA) is 57.7 Å². The van der Waals surface area contributed by atoms with E-state index in [-0.39, 0.29) is 10.8 Å². The molecule has 0 aliphatic rings. The fourth-order valence-corrected chi connectivity index (χ4v) is 3.24. The molecule has 0 saturated carbocycles. The molecule has 0 heterocycles. The molecule has 1 rings (SSSR count). The van der Waals surface area contributed by atoms with Crippen LogP contribution in [0.25, 0.3) is 0 Å². The van der Waals surface area contributed by atoms with Gasteiger partial charge in [0.2, 0.25) is 10.0 Å². The van der Waals surface area contributed by atoms with Crippen LogP contribution in [-0.2, 0) is 10.0 Å². The van der Waals surface area contributed by atoms with Crippen molar-refractivity contribution in [1.29, 1.82) is 0 Å². The van der Waals surface area contributed by atoms with E-state index in [4.69, 9.17) is 0 Å². The number of sulfonamides is 1. The highest BCUT2D eigenvalue weighted by atomic mass is 79.9. The first-order valence-corrected chi connectivity index (χ1v) is 7.92. The summed E-state index contributed by atoms with van der Waals surface area (Å²) in [6.07, 6.45) is 0. The summed E-state index contributed by atoms with van der Waals surface area (Å²) < 4.78 is 25.8. The molecule has 106 valence electrons. The van der Waals surface area contributed by atoms with Gasteiger partial charge in [0.15, 0.2) is 0 Å². The zero-order chi connectivity index (χ0) is 14.8. The van der Waals surface area contributed by atoms with E-state index in [1.807, 2.05) is 6.92 Å². The number of amides is 1. The van der Waals surface area contributed by atoms with Crippen LogP contribution in [0.2, 0.25) is 0 Å². The van der Waals surface area contributed by atoms with E-state index >= 15 is 0 Å². The SMILES string of the molecule is CCN(C)C(=O)c1ccc(Br)c(S(=O)(=O)N(C)C)c1. The smallest absolute Gasteiger partial charge is 0.253 e. The lowest BCUT2D eigenvalue weighted by Crippen LogP contribution is -2.27. The maximum absolute atomic E-state index is 12.1. The predicted molar refractivity (Wildman–Crippen MR) is 77.6 cm³/mol. The maximum Gasteiger partial charge on any atom is 0.253 e. The molecule has 0 atom stereocenters. The van der Waals surface area contributed by atoms with Crippen LogP contribution in [0, 0.1) is 0 Å². The quantitative estimate of drug-likeness (QED) is 0.833. The first-order chi connectivity index (χ1) is 8.71. The molecule has 1 amide bonds. The van der Waals surface area contributed by atoms with Gasteiger partial charge in [0.05, 0.1) is 4.90 Å². The first-order valence-electron chi connectivity index (χ1n) is 5.69. The van der Waals surface area contributed by atoms with E-state index in [1.54, 1.807) is 19.2 Å². The average molecular weight is 349 g/mol. The van der Waals surface area contributed by atoms with Crippen LogP contribution in [0.4, 0.5) is 0 Å². The summed E-state index contributed by atoms with van der Waals surface area (Å²) in [6.45, 7) is 2.42. The van der Waals surface area contributed by atoms with Crippen molar-refractivity contribution in [2.45, 2.75) is 11.8 Å². The minimum Gasteiger partial charge on any atom is -0.342 e. The molecule has 0 bridgehead atoms. The Balaban J connectivity index is 3.34. The summed E-state index contributed by atoms with van der Waals surface area (Å²) >= 11 is 3.21. The van der Waals surface area contributed by atoms with Crippen molar-refractivity contribution in [3.8, 4) is 0 Å². The third-order valence-corrected chi connectivity index (χ3v) is 5.57. The average Bonchev–Trinajstić information content (AvgIpc) is 2.37. The van der Waals surface area contributed by atoms with Crippen molar-refractivity contribution in [2.75, 3.05) is 27.7 Å². The molecule has 0 aliphatic heterocycles. The normalized spacial score (nSPS) is 11.7. The molecule has 0 radical (unpaired) electrons. The highest BCUT2D eigenvalue weighted by Gasteiger charge is 2.22. The second-order valence-corrected chi connectivity index (χ2v) is 7.23. The summed E-state index contributed by atoms with van der Waals surface area (Å²) in [5.41, 5.74) is 0.355. The van der Waals surface area contributed by atoms with Gasteiger partial charge in [-0.15, -0.1) is 0 Å². The summed E-state index contributed by atoms with van der Waals surface area (Å²) in [6, 6.07) is 4.58. The number of hydrogen-bond donors (Lipinski definition) is 0. The van der Waals surface area contributed by atoms with Crippen LogP contribution in [0.5, 0.6) is 0 Å². The van der Waals surface area contributed by atoms with Crippen LogP contribution in [0.3, 0.4) is 0 Å². The molecule has 1 aromatic rings. The Kier molecular flexibility index (Phi) is 5.11.